The fourth-order valence-electron chi connectivity index (χ4n) is 3.97. The van der Waals surface area contributed by atoms with Crippen LogP contribution >= 0.6 is 0 Å². The van der Waals surface area contributed by atoms with E-state index in [0.29, 0.717) is 23.6 Å². The van der Waals surface area contributed by atoms with Crippen LogP contribution < -0.4 is 9.47 Å². The van der Waals surface area contributed by atoms with E-state index in [2.05, 4.69) is 24.5 Å². The number of methoxy groups -OCH3 is 2. The van der Waals surface area contributed by atoms with Gasteiger partial charge in [0, 0.05) is 36.5 Å². The number of nitrogens with zero attached hydrogens (tertiary/aromatic N) is 4. The van der Waals surface area contributed by atoms with Crippen LogP contribution in [0.25, 0.3) is 11.4 Å². The number of rotatable bonds is 6. The number of phenolic OH excluding ortho intramolecular Hbond substituents is 1. The molecule has 0 aliphatic carbocycles. The van der Waals surface area contributed by atoms with Crippen molar-refractivity contribution in [3.05, 3.63) is 47.6 Å². The van der Waals surface area contributed by atoms with Crippen molar-refractivity contribution in [2.24, 2.45) is 0 Å². The number of piperidine rings is 1. The van der Waals surface area contributed by atoms with E-state index in [1.165, 1.54) is 20.4 Å². The van der Waals surface area contributed by atoms with E-state index in [1.54, 1.807) is 24.3 Å². The first-order valence-electron chi connectivity index (χ1n) is 10.3. The molecule has 3 aromatic rings. The molecule has 1 N–H and O–H groups in total. The van der Waals surface area contributed by atoms with Crippen LogP contribution in [0.15, 0.2) is 35.0 Å². The summed E-state index contributed by atoms with van der Waals surface area (Å²) in [7, 11) is 2.98. The molecule has 8 nitrogen and oxygen atoms in total. The molecule has 2 aromatic heterocycles. The van der Waals surface area contributed by atoms with Crippen molar-refractivity contribution in [1.82, 2.24) is 20.0 Å². The number of halogens is 3. The van der Waals surface area contributed by atoms with Crippen LogP contribution in [0.3, 0.4) is 0 Å². The lowest BCUT2D eigenvalue weighted by Crippen LogP contribution is -2.34. The van der Waals surface area contributed by atoms with Gasteiger partial charge in [0.05, 0.1) is 14.2 Å². The van der Waals surface area contributed by atoms with Crippen LogP contribution in [0.2, 0.25) is 0 Å². The summed E-state index contributed by atoms with van der Waals surface area (Å²) in [4.78, 5) is 10.1. The maximum absolute atomic E-state index is 12.7. The molecule has 1 aliphatic rings. The highest BCUT2D eigenvalue weighted by Crippen LogP contribution is 2.38. The molecule has 4 rings (SSSR count). The third kappa shape index (κ3) is 5.03. The molecule has 11 heteroatoms. The second-order valence-electron chi connectivity index (χ2n) is 7.82. The summed E-state index contributed by atoms with van der Waals surface area (Å²) in [5.41, 5.74) is 2.15. The summed E-state index contributed by atoms with van der Waals surface area (Å²) in [5.74, 6) is -0.692. The molecule has 0 unspecified atom stereocenters. The lowest BCUT2D eigenvalue weighted by Gasteiger charge is -2.32. The first-order chi connectivity index (χ1) is 15.8. The van der Waals surface area contributed by atoms with Gasteiger partial charge in [-0.1, -0.05) is 5.16 Å². The Balaban J connectivity index is 1.45. The van der Waals surface area contributed by atoms with Crippen LogP contribution in [0.1, 0.15) is 35.9 Å². The number of ether oxygens (including phenoxy) is 2. The van der Waals surface area contributed by atoms with E-state index in [1.807, 2.05) is 0 Å². The highest BCUT2D eigenvalue weighted by molar-refractivity contribution is 5.53. The van der Waals surface area contributed by atoms with Crippen molar-refractivity contribution in [2.75, 3.05) is 27.3 Å². The molecule has 176 valence electrons. The molecule has 0 bridgehead atoms. The summed E-state index contributed by atoms with van der Waals surface area (Å²) in [6.07, 6.45) is -1.30. The third-order valence-corrected chi connectivity index (χ3v) is 5.58. The average Bonchev–Trinajstić information content (AvgIpc) is 3.31. The Bertz CT molecular complexity index is 1080. The summed E-state index contributed by atoms with van der Waals surface area (Å²) >= 11 is 0. The number of aromatic hydroxyl groups is 1. The van der Waals surface area contributed by atoms with Crippen LogP contribution in [0.5, 0.6) is 17.2 Å². The summed E-state index contributed by atoms with van der Waals surface area (Å²) in [6.45, 7) is 2.31. The molecular formula is C22H23F3N4O4. The fourth-order valence-corrected chi connectivity index (χ4v) is 3.97. The summed E-state index contributed by atoms with van der Waals surface area (Å²) in [6, 6.07) is 7.02. The van der Waals surface area contributed by atoms with Gasteiger partial charge in [-0.15, -0.1) is 0 Å². The second-order valence-corrected chi connectivity index (χ2v) is 7.82. The number of phenols is 1. The molecule has 3 heterocycles. The summed E-state index contributed by atoms with van der Waals surface area (Å²) < 4.78 is 52.8. The highest BCUT2D eigenvalue weighted by Gasteiger charge is 2.38. The van der Waals surface area contributed by atoms with Crippen molar-refractivity contribution < 1.29 is 32.3 Å². The first-order valence-corrected chi connectivity index (χ1v) is 10.3. The Hall–Kier alpha value is -3.34. The Morgan fingerprint density at radius 2 is 1.91 bits per heavy atom. The van der Waals surface area contributed by atoms with Crippen molar-refractivity contribution in [2.45, 2.75) is 31.5 Å². The van der Waals surface area contributed by atoms with Crippen LogP contribution in [-0.2, 0) is 12.7 Å². The molecule has 1 aliphatic heterocycles. The number of aromatic nitrogens is 3. The molecule has 0 spiro atoms. The zero-order chi connectivity index (χ0) is 23.6. The van der Waals surface area contributed by atoms with E-state index in [-0.39, 0.29) is 17.5 Å². The number of hydrogen-bond acceptors (Lipinski definition) is 8. The molecule has 1 aromatic carbocycles. The number of hydrogen-bond donors (Lipinski definition) is 1. The number of alkyl halides is 3. The van der Waals surface area contributed by atoms with Gasteiger partial charge in [0.1, 0.15) is 0 Å². The Morgan fingerprint density at radius 3 is 2.48 bits per heavy atom. The Labute approximate surface area is 188 Å². The SMILES string of the molecule is COc1cc(CN2CCC[C@@H](c3ccc(-c4noc(C(F)(F)F)n4)cn3)C2)cc(OC)c1O. The Morgan fingerprint density at radius 1 is 1.18 bits per heavy atom. The van der Waals surface area contributed by atoms with Gasteiger partial charge in [0.15, 0.2) is 11.5 Å². The molecule has 33 heavy (non-hydrogen) atoms. The standard InChI is InChI=1S/C22H23F3N4O4/c1-31-17-8-13(9-18(32-2)19(17)30)11-29-7-3-4-15(12-29)16-6-5-14(10-26-16)20-27-21(33-28-20)22(23,24)25/h5-6,8-10,15,30H,3-4,7,11-12H2,1-2H3/t15-/m1/s1. The zero-order valence-electron chi connectivity index (χ0n) is 18.1. The van der Waals surface area contributed by atoms with Crippen molar-refractivity contribution in [3.8, 4) is 28.6 Å². The minimum atomic E-state index is -4.68. The maximum atomic E-state index is 12.7. The average molecular weight is 464 g/mol. The minimum Gasteiger partial charge on any atom is -0.502 e. The number of pyridine rings is 1. The lowest BCUT2D eigenvalue weighted by atomic mass is 9.93. The molecule has 1 fully saturated rings. The van der Waals surface area contributed by atoms with Gasteiger partial charge in [-0.2, -0.15) is 18.2 Å². The van der Waals surface area contributed by atoms with Gasteiger partial charge in [-0.3, -0.25) is 9.88 Å². The van der Waals surface area contributed by atoms with Crippen LogP contribution in [0, 0.1) is 0 Å². The van der Waals surface area contributed by atoms with E-state index >= 15 is 0 Å². The number of benzene rings is 1. The smallest absolute Gasteiger partial charge is 0.471 e. The third-order valence-electron chi connectivity index (χ3n) is 5.58. The zero-order valence-corrected chi connectivity index (χ0v) is 18.1. The predicted octanol–water partition coefficient (Wildman–Crippen LogP) is 4.25. The van der Waals surface area contributed by atoms with Gasteiger partial charge < -0.3 is 19.1 Å². The lowest BCUT2D eigenvalue weighted by molar-refractivity contribution is -0.159. The fraction of sp³-hybridized carbons (Fsp3) is 0.409. The van der Waals surface area contributed by atoms with E-state index in [0.717, 1.165) is 37.2 Å². The minimum absolute atomic E-state index is 0.0338. The second kappa shape index (κ2) is 9.26. The van der Waals surface area contributed by atoms with Gasteiger partial charge in [0.25, 0.3) is 0 Å². The van der Waals surface area contributed by atoms with E-state index < -0.39 is 12.1 Å². The van der Waals surface area contributed by atoms with E-state index in [9.17, 15) is 18.3 Å². The quantitative estimate of drug-likeness (QED) is 0.579. The molecule has 0 amide bonds. The van der Waals surface area contributed by atoms with E-state index in [4.69, 9.17) is 9.47 Å². The van der Waals surface area contributed by atoms with Crippen molar-refractivity contribution in [1.29, 1.82) is 0 Å². The molecule has 1 atom stereocenters. The van der Waals surface area contributed by atoms with Gasteiger partial charge >= 0.3 is 12.1 Å². The molecule has 1 saturated heterocycles. The molecule has 0 radical (unpaired) electrons. The normalized spacial score (nSPS) is 17.2. The number of likely N-dealkylation sites (tertiary alicyclic amines) is 1. The Kier molecular flexibility index (Phi) is 6.41. The van der Waals surface area contributed by atoms with Gasteiger partial charge in [-0.25, -0.2) is 0 Å². The summed E-state index contributed by atoms with van der Waals surface area (Å²) in [5, 5.41) is 13.5. The highest BCUT2D eigenvalue weighted by atomic mass is 19.4. The first kappa shape index (κ1) is 22.8. The van der Waals surface area contributed by atoms with Gasteiger partial charge in [0.2, 0.25) is 11.6 Å². The topological polar surface area (TPSA) is 93.7 Å². The largest absolute Gasteiger partial charge is 0.502 e. The maximum Gasteiger partial charge on any atom is 0.471 e. The van der Waals surface area contributed by atoms with Crippen LogP contribution in [-0.4, -0.2) is 52.4 Å². The van der Waals surface area contributed by atoms with Crippen LogP contribution in [0.4, 0.5) is 13.2 Å². The van der Waals surface area contributed by atoms with Crippen molar-refractivity contribution in [3.63, 3.8) is 0 Å². The van der Waals surface area contributed by atoms with Crippen molar-refractivity contribution >= 4 is 0 Å². The predicted molar refractivity (Wildman–Crippen MR) is 111 cm³/mol. The van der Waals surface area contributed by atoms with Gasteiger partial charge in [-0.05, 0) is 49.2 Å². The molecular weight excluding hydrogens is 441 g/mol. The molecule has 0 saturated carbocycles. The monoisotopic (exact) mass is 464 g/mol.